The van der Waals surface area contributed by atoms with E-state index in [-0.39, 0.29) is 43.7 Å². The van der Waals surface area contributed by atoms with Crippen LogP contribution in [0.25, 0.3) is 0 Å². The molecule has 0 bridgehead atoms. The Kier molecular flexibility index (Phi) is 5.46. The molecule has 144 valence electrons. The molecule has 9 nitrogen and oxygen atoms in total. The van der Waals surface area contributed by atoms with E-state index in [1.165, 1.54) is 32.2 Å². The van der Waals surface area contributed by atoms with Gasteiger partial charge in [0.1, 0.15) is 12.1 Å². The Morgan fingerprint density at radius 1 is 1.26 bits per heavy atom. The van der Waals surface area contributed by atoms with Crippen molar-refractivity contribution in [2.75, 3.05) is 19.0 Å². The Morgan fingerprint density at radius 2 is 1.96 bits per heavy atom. The molecule has 0 spiro atoms. The molecule has 1 fully saturated rings. The number of piperidine rings is 1. The molecule has 1 atom stereocenters. The van der Waals surface area contributed by atoms with Gasteiger partial charge in [0.15, 0.2) is 0 Å². The number of carbonyl (C=O) groups excluding carboxylic acids is 5. The zero-order valence-corrected chi connectivity index (χ0v) is 14.3. The van der Waals surface area contributed by atoms with Crippen LogP contribution in [0.3, 0.4) is 0 Å². The number of amides is 5. The van der Waals surface area contributed by atoms with E-state index in [2.05, 4.69) is 10.6 Å². The van der Waals surface area contributed by atoms with Crippen LogP contribution in [0.5, 0.6) is 0 Å². The number of carbonyl (C=O) groups is 5. The maximum atomic E-state index is 13.0. The van der Waals surface area contributed by atoms with Crippen molar-refractivity contribution in [3.8, 4) is 0 Å². The molecule has 1 aromatic rings. The van der Waals surface area contributed by atoms with Crippen molar-refractivity contribution in [2.45, 2.75) is 32.7 Å². The van der Waals surface area contributed by atoms with Gasteiger partial charge in [0.2, 0.25) is 11.8 Å². The van der Waals surface area contributed by atoms with E-state index in [4.69, 9.17) is 4.74 Å². The highest BCUT2D eigenvalue weighted by Crippen LogP contribution is 2.36. The highest BCUT2D eigenvalue weighted by Gasteiger charge is 2.53. The number of imide groups is 2. The lowest BCUT2D eigenvalue weighted by Crippen LogP contribution is -2.62. The van der Waals surface area contributed by atoms with E-state index < -0.39 is 35.1 Å². The van der Waals surface area contributed by atoms with Gasteiger partial charge in [-0.15, -0.1) is 0 Å². The molecular formula is C18H21N3O6. The standard InChI is InChI=1S/C17H17N3O6.CH4/c1-17(7-6-11(21)19-16(17)25)20-14(23)9-4-3-5-10(13(9)15(20)24)18-12(22)8-26-2;/h3-5H,6-8H2,1-2H3,(H,18,22)(H,19,21,25);1H4. The smallest absolute Gasteiger partial charge is 0.264 e. The number of hydrogen-bond donors (Lipinski definition) is 2. The number of nitrogens with zero attached hydrogens (tertiary/aromatic N) is 1. The second-order valence-corrected chi connectivity index (χ2v) is 6.31. The summed E-state index contributed by atoms with van der Waals surface area (Å²) in [6.07, 6.45) is 0.0571. The van der Waals surface area contributed by atoms with Gasteiger partial charge in [-0.05, 0) is 25.5 Å². The number of anilines is 1. The number of ether oxygens (including phenoxy) is 1. The van der Waals surface area contributed by atoms with E-state index >= 15 is 0 Å². The van der Waals surface area contributed by atoms with E-state index in [0.29, 0.717) is 0 Å². The Balaban J connectivity index is 0.00000261. The summed E-state index contributed by atoms with van der Waals surface area (Å²) in [6.45, 7) is 1.23. The first-order chi connectivity index (χ1) is 12.3. The summed E-state index contributed by atoms with van der Waals surface area (Å²) < 4.78 is 4.74. The van der Waals surface area contributed by atoms with Crippen LogP contribution in [0.4, 0.5) is 5.69 Å². The summed E-state index contributed by atoms with van der Waals surface area (Å²) in [7, 11) is 1.36. The fourth-order valence-electron chi connectivity index (χ4n) is 3.16. The molecule has 2 aliphatic heterocycles. The highest BCUT2D eigenvalue weighted by molar-refractivity contribution is 6.26. The monoisotopic (exact) mass is 375 g/mol. The van der Waals surface area contributed by atoms with Gasteiger partial charge in [-0.25, -0.2) is 0 Å². The summed E-state index contributed by atoms with van der Waals surface area (Å²) in [4.78, 5) is 62.2. The molecule has 5 amide bonds. The van der Waals surface area contributed by atoms with Gasteiger partial charge in [0.05, 0.1) is 16.8 Å². The number of rotatable bonds is 4. The number of fused-ring (bicyclic) bond motifs is 1. The van der Waals surface area contributed by atoms with E-state index in [1.807, 2.05) is 0 Å². The van der Waals surface area contributed by atoms with Gasteiger partial charge >= 0.3 is 0 Å². The molecule has 2 N–H and O–H groups in total. The Morgan fingerprint density at radius 3 is 2.59 bits per heavy atom. The fraction of sp³-hybridized carbons (Fsp3) is 0.389. The van der Waals surface area contributed by atoms with Crippen molar-refractivity contribution >= 4 is 35.2 Å². The molecule has 0 aromatic heterocycles. The lowest BCUT2D eigenvalue weighted by atomic mass is 9.89. The van der Waals surface area contributed by atoms with Gasteiger partial charge in [-0.3, -0.25) is 34.2 Å². The summed E-state index contributed by atoms with van der Waals surface area (Å²) in [6, 6.07) is 4.48. The Labute approximate surface area is 156 Å². The average molecular weight is 375 g/mol. The van der Waals surface area contributed by atoms with Crippen molar-refractivity contribution in [1.29, 1.82) is 0 Å². The minimum absolute atomic E-state index is 0. The van der Waals surface area contributed by atoms with E-state index in [9.17, 15) is 24.0 Å². The van der Waals surface area contributed by atoms with Crippen molar-refractivity contribution < 1.29 is 28.7 Å². The molecule has 2 heterocycles. The first-order valence-electron chi connectivity index (χ1n) is 7.94. The largest absolute Gasteiger partial charge is 0.375 e. The first kappa shape index (κ1) is 20.2. The second kappa shape index (κ2) is 7.28. The molecule has 1 aromatic carbocycles. The maximum Gasteiger partial charge on any atom is 0.264 e. The summed E-state index contributed by atoms with van der Waals surface area (Å²) >= 11 is 0. The van der Waals surface area contributed by atoms with Crippen LogP contribution in [0.15, 0.2) is 18.2 Å². The number of methoxy groups -OCH3 is 1. The second-order valence-electron chi connectivity index (χ2n) is 6.31. The third-order valence-corrected chi connectivity index (χ3v) is 4.54. The van der Waals surface area contributed by atoms with Crippen LogP contribution in [0.1, 0.15) is 47.9 Å². The Hall–Kier alpha value is -3.07. The van der Waals surface area contributed by atoms with Gasteiger partial charge in [-0.2, -0.15) is 0 Å². The predicted octanol–water partition coefficient (Wildman–Crippen LogP) is 0.699. The van der Waals surface area contributed by atoms with Crippen molar-refractivity contribution in [3.63, 3.8) is 0 Å². The van der Waals surface area contributed by atoms with Crippen LogP contribution < -0.4 is 10.6 Å². The molecule has 0 aliphatic carbocycles. The lowest BCUT2D eigenvalue weighted by Gasteiger charge is -2.38. The minimum Gasteiger partial charge on any atom is -0.375 e. The van der Waals surface area contributed by atoms with Gasteiger partial charge in [0.25, 0.3) is 17.7 Å². The van der Waals surface area contributed by atoms with Crippen LogP contribution in [0, 0.1) is 0 Å². The fourth-order valence-corrected chi connectivity index (χ4v) is 3.16. The third-order valence-electron chi connectivity index (χ3n) is 4.54. The molecule has 2 aliphatic rings. The van der Waals surface area contributed by atoms with E-state index in [1.54, 1.807) is 0 Å². The molecule has 27 heavy (non-hydrogen) atoms. The molecular weight excluding hydrogens is 354 g/mol. The van der Waals surface area contributed by atoms with Crippen molar-refractivity contribution in [2.24, 2.45) is 0 Å². The number of nitrogens with one attached hydrogen (secondary N) is 2. The summed E-state index contributed by atoms with van der Waals surface area (Å²) in [5, 5.41) is 4.70. The molecule has 1 unspecified atom stereocenters. The zero-order valence-electron chi connectivity index (χ0n) is 14.3. The number of benzene rings is 1. The van der Waals surface area contributed by atoms with Crippen LogP contribution in [-0.2, 0) is 19.1 Å². The van der Waals surface area contributed by atoms with Crippen molar-refractivity contribution in [3.05, 3.63) is 29.3 Å². The zero-order chi connectivity index (χ0) is 19.1. The highest BCUT2D eigenvalue weighted by atomic mass is 16.5. The first-order valence-corrected chi connectivity index (χ1v) is 7.94. The van der Waals surface area contributed by atoms with Gasteiger partial charge < -0.3 is 10.1 Å². The van der Waals surface area contributed by atoms with Crippen LogP contribution >= 0.6 is 0 Å². The molecule has 1 saturated heterocycles. The van der Waals surface area contributed by atoms with Gasteiger partial charge in [-0.1, -0.05) is 13.5 Å². The van der Waals surface area contributed by atoms with Crippen LogP contribution in [0.2, 0.25) is 0 Å². The molecule has 0 saturated carbocycles. The predicted molar refractivity (Wildman–Crippen MR) is 95.0 cm³/mol. The average Bonchev–Trinajstić information content (AvgIpc) is 2.84. The van der Waals surface area contributed by atoms with Gasteiger partial charge in [0, 0.05) is 13.5 Å². The van der Waals surface area contributed by atoms with Crippen LogP contribution in [-0.4, -0.2) is 53.7 Å². The summed E-state index contributed by atoms with van der Waals surface area (Å²) in [5.41, 5.74) is -1.19. The van der Waals surface area contributed by atoms with E-state index in [0.717, 1.165) is 4.90 Å². The maximum absolute atomic E-state index is 13.0. The number of hydrogen-bond acceptors (Lipinski definition) is 6. The topological polar surface area (TPSA) is 122 Å². The van der Waals surface area contributed by atoms with Crippen molar-refractivity contribution in [1.82, 2.24) is 10.2 Å². The molecule has 0 radical (unpaired) electrons. The SMILES string of the molecule is C.COCC(=O)Nc1cccc2c1C(=O)N(C1(C)CCC(=O)NC1=O)C2=O. The Bertz CT molecular complexity index is 849. The normalized spacial score (nSPS) is 21.5. The lowest BCUT2D eigenvalue weighted by molar-refractivity contribution is -0.141. The summed E-state index contributed by atoms with van der Waals surface area (Å²) in [5.74, 6) is -2.96. The minimum atomic E-state index is -1.48. The quantitative estimate of drug-likeness (QED) is 0.747. The molecule has 3 rings (SSSR count). The third kappa shape index (κ3) is 3.21. The molecule has 9 heteroatoms.